The van der Waals surface area contributed by atoms with Crippen molar-refractivity contribution in [1.29, 1.82) is 0 Å². The van der Waals surface area contributed by atoms with Gasteiger partial charge in [0.1, 0.15) is 17.5 Å². The summed E-state index contributed by atoms with van der Waals surface area (Å²) in [5.41, 5.74) is 7.16. The number of aliphatic hydroxyl groups excluding tert-OH is 1. The maximum atomic E-state index is 13.6. The Morgan fingerprint density at radius 3 is 2.66 bits per heavy atom. The van der Waals surface area contributed by atoms with E-state index in [4.69, 9.17) is 10.5 Å². The Hall–Kier alpha value is -3.33. The maximum Gasteiger partial charge on any atom is 0.306 e. The molecule has 170 valence electrons. The molecule has 0 aliphatic carbocycles. The molecule has 0 radical (unpaired) electrons. The van der Waals surface area contributed by atoms with E-state index in [0.29, 0.717) is 22.4 Å². The lowest BCUT2D eigenvalue weighted by atomic mass is 10.0. The predicted molar refractivity (Wildman–Crippen MR) is 113 cm³/mol. The van der Waals surface area contributed by atoms with Crippen LogP contribution >= 0.6 is 0 Å². The average molecular weight is 443 g/mol. The van der Waals surface area contributed by atoms with Crippen molar-refractivity contribution in [3.63, 3.8) is 0 Å². The average Bonchev–Trinajstić information content (AvgIpc) is 3.02. The number of pyridine rings is 1. The third-order valence-electron chi connectivity index (χ3n) is 5.08. The first kappa shape index (κ1) is 23.3. The molecule has 1 atom stereocenters. The molecule has 1 aliphatic rings. The number of ether oxygens (including phenoxy) is 1. The fraction of sp³-hybridized carbons (Fsp3) is 0.391. The van der Waals surface area contributed by atoms with Crippen LogP contribution in [-0.4, -0.2) is 44.4 Å². The molecule has 0 spiro atoms. The highest BCUT2D eigenvalue weighted by Crippen LogP contribution is 2.30. The Morgan fingerprint density at radius 1 is 1.31 bits per heavy atom. The summed E-state index contributed by atoms with van der Waals surface area (Å²) in [5, 5.41) is 9.28. The SMILES string of the molecule is CC(C)(C)OC(=O)CCC(C(N)=O)N1Cc2cc(-c3cc(CO)c(F)cn3)ccc2C1=O. The van der Waals surface area contributed by atoms with Gasteiger partial charge in [0.25, 0.3) is 5.91 Å². The quantitative estimate of drug-likeness (QED) is 0.633. The molecule has 2 aromatic rings. The van der Waals surface area contributed by atoms with Crippen LogP contribution in [0.25, 0.3) is 11.3 Å². The molecule has 0 saturated heterocycles. The number of aromatic nitrogens is 1. The van der Waals surface area contributed by atoms with Crippen molar-refractivity contribution < 1.29 is 28.6 Å². The minimum absolute atomic E-state index is 0.0518. The summed E-state index contributed by atoms with van der Waals surface area (Å²) in [6.07, 6.45) is 1.03. The van der Waals surface area contributed by atoms with Crippen molar-refractivity contribution in [2.75, 3.05) is 0 Å². The molecule has 0 fully saturated rings. The van der Waals surface area contributed by atoms with Crippen LogP contribution in [0.1, 0.15) is 55.1 Å². The molecule has 0 saturated carbocycles. The van der Waals surface area contributed by atoms with Crippen LogP contribution in [0, 0.1) is 5.82 Å². The van der Waals surface area contributed by atoms with Crippen molar-refractivity contribution in [2.45, 2.75) is 58.4 Å². The van der Waals surface area contributed by atoms with Crippen molar-refractivity contribution >= 4 is 17.8 Å². The van der Waals surface area contributed by atoms with Gasteiger partial charge < -0.3 is 20.5 Å². The Balaban J connectivity index is 1.79. The van der Waals surface area contributed by atoms with Crippen molar-refractivity contribution in [1.82, 2.24) is 9.88 Å². The number of nitrogens with zero attached hydrogens (tertiary/aromatic N) is 2. The minimum Gasteiger partial charge on any atom is -0.460 e. The zero-order valence-electron chi connectivity index (χ0n) is 18.2. The summed E-state index contributed by atoms with van der Waals surface area (Å²) in [5.74, 6) is -2.14. The molecular formula is C23H26FN3O5. The number of rotatable bonds is 7. The Morgan fingerprint density at radius 2 is 2.03 bits per heavy atom. The monoisotopic (exact) mass is 443 g/mol. The summed E-state index contributed by atoms with van der Waals surface area (Å²) in [6, 6.07) is 5.50. The van der Waals surface area contributed by atoms with Gasteiger partial charge in [-0.3, -0.25) is 19.4 Å². The molecule has 1 aliphatic heterocycles. The van der Waals surface area contributed by atoms with E-state index in [2.05, 4.69) is 4.98 Å². The molecule has 3 rings (SSSR count). The summed E-state index contributed by atoms with van der Waals surface area (Å²) in [6.45, 7) is 4.91. The van der Waals surface area contributed by atoms with Gasteiger partial charge in [0.15, 0.2) is 0 Å². The van der Waals surface area contributed by atoms with Gasteiger partial charge in [-0.25, -0.2) is 4.39 Å². The van der Waals surface area contributed by atoms with E-state index < -0.39 is 35.9 Å². The molecule has 1 unspecified atom stereocenters. The van der Waals surface area contributed by atoms with Gasteiger partial charge in [0.2, 0.25) is 5.91 Å². The molecule has 2 heterocycles. The van der Waals surface area contributed by atoms with Crippen LogP contribution in [0.15, 0.2) is 30.5 Å². The van der Waals surface area contributed by atoms with Gasteiger partial charge in [0, 0.05) is 29.7 Å². The summed E-state index contributed by atoms with van der Waals surface area (Å²) >= 11 is 0. The van der Waals surface area contributed by atoms with Crippen LogP contribution in [-0.2, 0) is 27.5 Å². The molecular weight excluding hydrogens is 417 g/mol. The second-order valence-electron chi connectivity index (χ2n) is 8.67. The fourth-order valence-electron chi connectivity index (χ4n) is 3.61. The van der Waals surface area contributed by atoms with E-state index in [1.54, 1.807) is 39.0 Å². The van der Waals surface area contributed by atoms with E-state index in [9.17, 15) is 23.9 Å². The van der Waals surface area contributed by atoms with Crippen molar-refractivity contribution in [3.05, 3.63) is 53.0 Å². The zero-order chi connectivity index (χ0) is 23.6. The lowest BCUT2D eigenvalue weighted by Crippen LogP contribution is -2.45. The number of fused-ring (bicyclic) bond motifs is 1. The summed E-state index contributed by atoms with van der Waals surface area (Å²) in [7, 11) is 0. The third-order valence-corrected chi connectivity index (χ3v) is 5.08. The number of carbonyl (C=O) groups excluding carboxylic acids is 3. The van der Waals surface area contributed by atoms with Crippen molar-refractivity contribution in [3.8, 4) is 11.3 Å². The number of amides is 2. The second-order valence-corrected chi connectivity index (χ2v) is 8.67. The largest absolute Gasteiger partial charge is 0.460 e. The predicted octanol–water partition coefficient (Wildman–Crippen LogP) is 2.31. The van der Waals surface area contributed by atoms with Gasteiger partial charge in [0.05, 0.1) is 18.5 Å². The molecule has 0 bridgehead atoms. The molecule has 8 nitrogen and oxygen atoms in total. The van der Waals surface area contributed by atoms with Gasteiger partial charge in [-0.05, 0) is 51.0 Å². The summed E-state index contributed by atoms with van der Waals surface area (Å²) in [4.78, 5) is 42.4. The first-order valence-electron chi connectivity index (χ1n) is 10.2. The smallest absolute Gasteiger partial charge is 0.306 e. The van der Waals surface area contributed by atoms with E-state index in [1.807, 2.05) is 0 Å². The molecule has 9 heteroatoms. The fourth-order valence-corrected chi connectivity index (χ4v) is 3.61. The highest BCUT2D eigenvalue weighted by atomic mass is 19.1. The van der Waals surface area contributed by atoms with Crippen LogP contribution in [0.2, 0.25) is 0 Å². The van der Waals surface area contributed by atoms with E-state index >= 15 is 0 Å². The lowest BCUT2D eigenvalue weighted by Gasteiger charge is -2.25. The van der Waals surface area contributed by atoms with E-state index in [1.165, 1.54) is 11.0 Å². The van der Waals surface area contributed by atoms with Crippen LogP contribution in [0.5, 0.6) is 0 Å². The number of primary amides is 1. The number of hydrogen-bond acceptors (Lipinski definition) is 6. The third kappa shape index (κ3) is 5.11. The highest BCUT2D eigenvalue weighted by molar-refractivity contribution is 6.01. The van der Waals surface area contributed by atoms with Crippen LogP contribution < -0.4 is 5.73 Å². The number of halogens is 1. The topological polar surface area (TPSA) is 123 Å². The minimum atomic E-state index is -0.962. The standard InChI is InChI=1S/C23H26FN3O5/c1-23(2,3)32-20(29)7-6-19(21(25)30)27-11-14-8-13(4-5-16(14)22(27)31)18-9-15(12-28)17(24)10-26-18/h4-5,8-10,19,28H,6-7,11-12H2,1-3H3,(H2,25,30). The van der Waals surface area contributed by atoms with Crippen LogP contribution in [0.4, 0.5) is 4.39 Å². The first-order valence-corrected chi connectivity index (χ1v) is 10.2. The highest BCUT2D eigenvalue weighted by Gasteiger charge is 2.36. The van der Waals surface area contributed by atoms with E-state index in [0.717, 1.165) is 6.20 Å². The molecule has 2 amide bonds. The number of benzene rings is 1. The van der Waals surface area contributed by atoms with Crippen LogP contribution in [0.3, 0.4) is 0 Å². The first-order chi connectivity index (χ1) is 15.0. The number of nitrogens with two attached hydrogens (primary N) is 1. The van der Waals surface area contributed by atoms with Gasteiger partial charge in [-0.1, -0.05) is 6.07 Å². The van der Waals surface area contributed by atoms with Gasteiger partial charge >= 0.3 is 5.97 Å². The van der Waals surface area contributed by atoms with Gasteiger partial charge in [-0.15, -0.1) is 0 Å². The Labute approximate surface area is 185 Å². The Kier molecular flexibility index (Phi) is 6.59. The lowest BCUT2D eigenvalue weighted by molar-refractivity contribution is -0.155. The molecule has 3 N–H and O–H groups in total. The molecule has 32 heavy (non-hydrogen) atoms. The van der Waals surface area contributed by atoms with E-state index in [-0.39, 0.29) is 30.9 Å². The molecule has 1 aromatic heterocycles. The number of aliphatic hydroxyl groups is 1. The molecule has 1 aromatic carbocycles. The zero-order valence-corrected chi connectivity index (χ0v) is 18.2. The van der Waals surface area contributed by atoms with Gasteiger partial charge in [-0.2, -0.15) is 0 Å². The number of hydrogen-bond donors (Lipinski definition) is 2. The number of esters is 1. The Bertz CT molecular complexity index is 1060. The second kappa shape index (κ2) is 9.04. The maximum absolute atomic E-state index is 13.6. The van der Waals surface area contributed by atoms with Crippen molar-refractivity contribution in [2.24, 2.45) is 5.73 Å². The number of carbonyl (C=O) groups is 3. The normalized spacial score (nSPS) is 14.3. The summed E-state index contributed by atoms with van der Waals surface area (Å²) < 4.78 is 18.9.